The molecule has 2 aliphatic rings. The molecule has 2 N–H and O–H groups in total. The lowest BCUT2D eigenvalue weighted by atomic mass is 9.99. The Balaban J connectivity index is 1.80. The average molecular weight is 187 g/mol. The van der Waals surface area contributed by atoms with Crippen molar-refractivity contribution in [3.63, 3.8) is 0 Å². The second-order valence-electron chi connectivity index (χ2n) is 3.75. The van der Waals surface area contributed by atoms with Gasteiger partial charge in [0.1, 0.15) is 6.10 Å². The molecule has 0 saturated carbocycles. The molecule has 3 unspecified atom stereocenters. The molecule has 0 spiro atoms. The minimum Gasteiger partial charge on any atom is -0.394 e. The van der Waals surface area contributed by atoms with Crippen molar-refractivity contribution in [1.29, 1.82) is 0 Å². The topological polar surface area (TPSA) is 50.7 Å². The Kier molecular flexibility index (Phi) is 3.16. The van der Waals surface area contributed by atoms with Crippen LogP contribution in [0, 0.1) is 5.92 Å². The number of hydrogen-bond donors (Lipinski definition) is 2. The molecule has 0 aromatic heterocycles. The van der Waals surface area contributed by atoms with E-state index in [0.29, 0.717) is 12.5 Å². The van der Waals surface area contributed by atoms with Crippen molar-refractivity contribution >= 4 is 0 Å². The number of hydrogen-bond acceptors (Lipinski definition) is 4. The van der Waals surface area contributed by atoms with Crippen LogP contribution in [0.3, 0.4) is 0 Å². The lowest BCUT2D eigenvalue weighted by Crippen LogP contribution is -2.37. The summed E-state index contributed by atoms with van der Waals surface area (Å²) >= 11 is 0. The van der Waals surface area contributed by atoms with E-state index in [1.165, 1.54) is 6.42 Å². The van der Waals surface area contributed by atoms with E-state index in [9.17, 15) is 0 Å². The maximum atomic E-state index is 8.86. The molecule has 2 fully saturated rings. The highest BCUT2D eigenvalue weighted by Gasteiger charge is 2.32. The van der Waals surface area contributed by atoms with Crippen LogP contribution in [-0.2, 0) is 9.47 Å². The molecule has 2 heterocycles. The first kappa shape index (κ1) is 9.40. The zero-order valence-electron chi connectivity index (χ0n) is 7.74. The van der Waals surface area contributed by atoms with Crippen molar-refractivity contribution in [3.8, 4) is 0 Å². The molecule has 13 heavy (non-hydrogen) atoms. The molecule has 4 heteroatoms. The van der Waals surface area contributed by atoms with Gasteiger partial charge in [-0.2, -0.15) is 0 Å². The van der Waals surface area contributed by atoms with Crippen LogP contribution >= 0.6 is 0 Å². The minimum atomic E-state index is -0.105. The Morgan fingerprint density at radius 3 is 3.00 bits per heavy atom. The van der Waals surface area contributed by atoms with Crippen LogP contribution in [0.25, 0.3) is 0 Å². The monoisotopic (exact) mass is 187 g/mol. The molecule has 0 amide bonds. The lowest BCUT2D eigenvalue weighted by molar-refractivity contribution is -0.106. The summed E-state index contributed by atoms with van der Waals surface area (Å²) in [7, 11) is 0. The van der Waals surface area contributed by atoms with Gasteiger partial charge in [-0.05, 0) is 19.4 Å². The van der Waals surface area contributed by atoms with E-state index in [1.807, 2.05) is 0 Å². The normalized spacial score (nSPS) is 40.8. The van der Waals surface area contributed by atoms with E-state index in [2.05, 4.69) is 5.32 Å². The summed E-state index contributed by atoms with van der Waals surface area (Å²) in [4.78, 5) is 0. The summed E-state index contributed by atoms with van der Waals surface area (Å²) in [6.45, 7) is 2.68. The number of piperidine rings is 1. The van der Waals surface area contributed by atoms with E-state index in [-0.39, 0.29) is 19.0 Å². The maximum Gasteiger partial charge on any atom is 0.162 e. The first-order valence-corrected chi connectivity index (χ1v) is 4.99. The van der Waals surface area contributed by atoms with E-state index < -0.39 is 0 Å². The zero-order chi connectivity index (χ0) is 9.10. The van der Waals surface area contributed by atoms with Gasteiger partial charge in [-0.1, -0.05) is 0 Å². The summed E-state index contributed by atoms with van der Waals surface area (Å²) in [6, 6.07) is 0. The number of nitrogens with one attached hydrogen (secondary N) is 1. The van der Waals surface area contributed by atoms with Crippen molar-refractivity contribution < 1.29 is 14.6 Å². The lowest BCUT2D eigenvalue weighted by Gasteiger charge is -2.26. The van der Waals surface area contributed by atoms with Gasteiger partial charge in [0.05, 0.1) is 13.2 Å². The summed E-state index contributed by atoms with van der Waals surface area (Å²) in [5, 5.41) is 12.2. The number of ether oxygens (including phenoxy) is 2. The van der Waals surface area contributed by atoms with Crippen molar-refractivity contribution in [1.82, 2.24) is 5.32 Å². The van der Waals surface area contributed by atoms with Crippen molar-refractivity contribution in [2.24, 2.45) is 5.92 Å². The average Bonchev–Trinajstić information content (AvgIpc) is 2.67. The first-order valence-electron chi connectivity index (χ1n) is 4.99. The molecule has 0 aliphatic carbocycles. The smallest absolute Gasteiger partial charge is 0.162 e. The summed E-state index contributed by atoms with van der Waals surface area (Å²) in [5.41, 5.74) is 0. The van der Waals surface area contributed by atoms with Crippen LogP contribution in [-0.4, -0.2) is 43.8 Å². The molecular formula is C9H17NO3. The Bertz CT molecular complexity index is 159. The van der Waals surface area contributed by atoms with Crippen LogP contribution in [0.2, 0.25) is 0 Å². The van der Waals surface area contributed by atoms with E-state index in [4.69, 9.17) is 14.6 Å². The van der Waals surface area contributed by atoms with Gasteiger partial charge < -0.3 is 19.9 Å². The second kappa shape index (κ2) is 4.37. The van der Waals surface area contributed by atoms with E-state index in [1.54, 1.807) is 0 Å². The fourth-order valence-corrected chi connectivity index (χ4v) is 1.92. The molecule has 2 aliphatic heterocycles. The van der Waals surface area contributed by atoms with Crippen LogP contribution in [0.5, 0.6) is 0 Å². The molecule has 0 aromatic rings. The maximum absolute atomic E-state index is 8.86. The fraction of sp³-hybridized carbons (Fsp3) is 1.00. The molecule has 0 radical (unpaired) electrons. The van der Waals surface area contributed by atoms with Crippen LogP contribution in [0.15, 0.2) is 0 Å². The highest BCUT2D eigenvalue weighted by Crippen LogP contribution is 2.23. The Morgan fingerprint density at radius 2 is 2.38 bits per heavy atom. The van der Waals surface area contributed by atoms with Crippen molar-refractivity contribution in [3.05, 3.63) is 0 Å². The molecule has 76 valence electrons. The third-order valence-corrected chi connectivity index (χ3v) is 2.70. The Morgan fingerprint density at radius 1 is 1.46 bits per heavy atom. The third kappa shape index (κ3) is 2.20. The largest absolute Gasteiger partial charge is 0.394 e. The zero-order valence-corrected chi connectivity index (χ0v) is 7.74. The van der Waals surface area contributed by atoms with Gasteiger partial charge in [-0.25, -0.2) is 0 Å². The molecule has 2 rings (SSSR count). The van der Waals surface area contributed by atoms with Gasteiger partial charge >= 0.3 is 0 Å². The Labute approximate surface area is 78.2 Å². The molecule has 3 atom stereocenters. The van der Waals surface area contributed by atoms with Crippen LogP contribution < -0.4 is 5.32 Å². The first-order chi connectivity index (χ1) is 6.40. The standard InChI is InChI=1S/C9H17NO3/c11-5-8-6-12-9(13-8)7-2-1-3-10-4-7/h7-11H,1-6H2. The molecule has 2 saturated heterocycles. The van der Waals surface area contributed by atoms with Gasteiger partial charge in [0, 0.05) is 12.5 Å². The predicted molar refractivity (Wildman–Crippen MR) is 47.3 cm³/mol. The van der Waals surface area contributed by atoms with Gasteiger partial charge in [-0.3, -0.25) is 0 Å². The van der Waals surface area contributed by atoms with Crippen molar-refractivity contribution in [2.75, 3.05) is 26.3 Å². The summed E-state index contributed by atoms with van der Waals surface area (Å²) in [6.07, 6.45) is 2.16. The van der Waals surface area contributed by atoms with E-state index in [0.717, 1.165) is 19.5 Å². The second-order valence-corrected chi connectivity index (χ2v) is 3.75. The SMILES string of the molecule is OCC1COC(C2CCCNC2)O1. The molecular weight excluding hydrogens is 170 g/mol. The molecule has 0 bridgehead atoms. The highest BCUT2D eigenvalue weighted by atomic mass is 16.7. The third-order valence-electron chi connectivity index (χ3n) is 2.70. The molecule has 0 aromatic carbocycles. The Hall–Kier alpha value is -0.160. The number of aliphatic hydroxyl groups excluding tert-OH is 1. The minimum absolute atomic E-state index is 0.0661. The van der Waals surface area contributed by atoms with Gasteiger partial charge in [0.15, 0.2) is 6.29 Å². The fourth-order valence-electron chi connectivity index (χ4n) is 1.92. The summed E-state index contributed by atoms with van der Waals surface area (Å²) < 4.78 is 11.0. The summed E-state index contributed by atoms with van der Waals surface area (Å²) in [5.74, 6) is 0.463. The predicted octanol–water partition coefficient (Wildman–Crippen LogP) is -0.280. The molecule has 4 nitrogen and oxygen atoms in total. The van der Waals surface area contributed by atoms with E-state index >= 15 is 0 Å². The number of rotatable bonds is 2. The van der Waals surface area contributed by atoms with Gasteiger partial charge in [0.25, 0.3) is 0 Å². The van der Waals surface area contributed by atoms with Gasteiger partial charge in [0.2, 0.25) is 0 Å². The quantitative estimate of drug-likeness (QED) is 0.624. The highest BCUT2D eigenvalue weighted by molar-refractivity contribution is 4.76. The number of aliphatic hydroxyl groups is 1. The van der Waals surface area contributed by atoms with Crippen molar-refractivity contribution in [2.45, 2.75) is 25.2 Å². The van der Waals surface area contributed by atoms with Gasteiger partial charge in [-0.15, -0.1) is 0 Å². The van der Waals surface area contributed by atoms with Crippen LogP contribution in [0.1, 0.15) is 12.8 Å². The van der Waals surface area contributed by atoms with Crippen LogP contribution in [0.4, 0.5) is 0 Å².